The van der Waals surface area contributed by atoms with E-state index in [9.17, 15) is 18.0 Å². The number of hydrogen-bond acceptors (Lipinski definition) is 5. The number of aromatic nitrogens is 1. The third-order valence-corrected chi connectivity index (χ3v) is 6.00. The van der Waals surface area contributed by atoms with Crippen LogP contribution in [-0.4, -0.2) is 66.0 Å². The molecule has 0 unspecified atom stereocenters. The van der Waals surface area contributed by atoms with Crippen LogP contribution in [0.1, 0.15) is 31.2 Å². The van der Waals surface area contributed by atoms with Gasteiger partial charge in [-0.2, -0.15) is 13.2 Å². The summed E-state index contributed by atoms with van der Waals surface area (Å²) in [5.74, 6) is -2.14. The first-order valence-electron chi connectivity index (χ1n) is 10.5. The van der Waals surface area contributed by atoms with E-state index in [1.165, 1.54) is 6.42 Å². The minimum absolute atomic E-state index is 0.0485. The van der Waals surface area contributed by atoms with Crippen molar-refractivity contribution in [3.05, 3.63) is 41.7 Å². The Hall–Kier alpha value is -2.46. The van der Waals surface area contributed by atoms with Crippen molar-refractivity contribution in [3.8, 4) is 0 Å². The summed E-state index contributed by atoms with van der Waals surface area (Å²) in [6, 6.07) is 3.94. The third-order valence-electron chi connectivity index (χ3n) is 6.00. The summed E-state index contributed by atoms with van der Waals surface area (Å²) >= 11 is 0. The second kappa shape index (κ2) is 10.4. The van der Waals surface area contributed by atoms with E-state index in [2.05, 4.69) is 11.1 Å². The number of halogens is 3. The van der Waals surface area contributed by atoms with Crippen molar-refractivity contribution in [2.24, 2.45) is 11.3 Å². The lowest BCUT2D eigenvalue weighted by molar-refractivity contribution is -0.192. The number of aliphatic carboxylic acids is 1. The first kappa shape index (κ1) is 24.2. The Bertz CT molecular complexity index is 831. The quantitative estimate of drug-likeness (QED) is 0.732. The number of carbonyl (C=O) groups excluding carboxylic acids is 1. The first-order chi connectivity index (χ1) is 15.2. The molecule has 7 nitrogen and oxygen atoms in total. The molecule has 10 heteroatoms. The molecule has 2 atom stereocenters. The summed E-state index contributed by atoms with van der Waals surface area (Å²) < 4.78 is 43.5. The number of carboxylic acids is 1. The Labute approximate surface area is 184 Å². The SMILES string of the molecule is O=C(C1=CCCCC1)N1C[C@@H]2COC[C@]2(COCc2cccnc2)C1.O=C(O)C(F)(F)F. The average molecular weight is 456 g/mol. The van der Waals surface area contributed by atoms with Crippen molar-refractivity contribution < 1.29 is 37.3 Å². The molecule has 1 N–H and O–H groups in total. The van der Waals surface area contributed by atoms with Crippen molar-refractivity contribution in [1.29, 1.82) is 0 Å². The molecule has 2 aliphatic heterocycles. The monoisotopic (exact) mass is 456 g/mol. The average Bonchev–Trinajstić information content (AvgIpc) is 3.32. The number of fused-ring (bicyclic) bond motifs is 1. The molecule has 0 bridgehead atoms. The number of carbonyl (C=O) groups is 2. The molecule has 32 heavy (non-hydrogen) atoms. The molecule has 1 aromatic heterocycles. The summed E-state index contributed by atoms with van der Waals surface area (Å²) in [7, 11) is 0. The molecule has 4 rings (SSSR count). The van der Waals surface area contributed by atoms with E-state index in [1.807, 2.05) is 23.2 Å². The Morgan fingerprint density at radius 2 is 2.12 bits per heavy atom. The van der Waals surface area contributed by atoms with Crippen molar-refractivity contribution in [1.82, 2.24) is 9.88 Å². The van der Waals surface area contributed by atoms with Crippen LogP contribution in [0.3, 0.4) is 0 Å². The van der Waals surface area contributed by atoms with Gasteiger partial charge in [-0.25, -0.2) is 4.79 Å². The molecule has 0 radical (unpaired) electrons. The molecule has 3 aliphatic rings. The normalized spacial score (nSPS) is 24.9. The number of ether oxygens (including phenoxy) is 2. The fourth-order valence-electron chi connectivity index (χ4n) is 4.28. The first-order valence-corrected chi connectivity index (χ1v) is 10.5. The van der Waals surface area contributed by atoms with E-state index in [0.717, 1.165) is 50.1 Å². The fraction of sp³-hybridized carbons (Fsp3) is 0.591. The lowest BCUT2D eigenvalue weighted by Crippen LogP contribution is -2.37. The Kier molecular flexibility index (Phi) is 7.89. The van der Waals surface area contributed by atoms with Crippen molar-refractivity contribution in [2.45, 2.75) is 38.5 Å². The highest BCUT2D eigenvalue weighted by Gasteiger charge is 2.52. The Balaban J connectivity index is 0.000000360. The molecule has 2 fully saturated rings. The zero-order chi connectivity index (χ0) is 23.2. The molecule has 1 aliphatic carbocycles. The van der Waals surface area contributed by atoms with E-state index in [0.29, 0.717) is 25.7 Å². The van der Waals surface area contributed by atoms with Crippen LogP contribution in [0.2, 0.25) is 0 Å². The Morgan fingerprint density at radius 1 is 1.34 bits per heavy atom. The second-order valence-electron chi connectivity index (χ2n) is 8.39. The molecule has 3 heterocycles. The number of likely N-dealkylation sites (tertiary alicyclic amines) is 1. The molecule has 176 valence electrons. The predicted molar refractivity (Wildman–Crippen MR) is 107 cm³/mol. The van der Waals surface area contributed by atoms with Gasteiger partial charge in [0.05, 0.1) is 26.4 Å². The Morgan fingerprint density at radius 3 is 2.75 bits per heavy atom. The topological polar surface area (TPSA) is 89.0 Å². The number of amides is 1. The van der Waals surface area contributed by atoms with Gasteiger partial charge in [-0.05, 0) is 37.3 Å². The highest BCUT2D eigenvalue weighted by molar-refractivity contribution is 5.93. The minimum Gasteiger partial charge on any atom is -0.475 e. The van der Waals surface area contributed by atoms with Crippen LogP contribution in [-0.2, 0) is 25.7 Å². The lowest BCUT2D eigenvalue weighted by atomic mass is 9.82. The van der Waals surface area contributed by atoms with E-state index < -0.39 is 12.1 Å². The molecular formula is C22H27F3N2O5. The molecule has 0 saturated carbocycles. The summed E-state index contributed by atoms with van der Waals surface area (Å²) in [5.41, 5.74) is 2.04. The van der Waals surface area contributed by atoms with Crippen LogP contribution >= 0.6 is 0 Å². The van der Waals surface area contributed by atoms with E-state index >= 15 is 0 Å². The maximum Gasteiger partial charge on any atom is 0.490 e. The second-order valence-corrected chi connectivity index (χ2v) is 8.39. The molecule has 0 aromatic carbocycles. The molecule has 1 aromatic rings. The number of rotatable bonds is 5. The number of carboxylic acid groups (broad SMARTS) is 1. The molecular weight excluding hydrogens is 429 g/mol. The van der Waals surface area contributed by atoms with Crippen LogP contribution in [0.5, 0.6) is 0 Å². The third kappa shape index (κ3) is 6.07. The van der Waals surface area contributed by atoms with Gasteiger partial charge in [0, 0.05) is 42.4 Å². The maximum atomic E-state index is 12.8. The summed E-state index contributed by atoms with van der Waals surface area (Å²) in [6.07, 6.45) is 4.98. The van der Waals surface area contributed by atoms with Gasteiger partial charge in [-0.15, -0.1) is 0 Å². The zero-order valence-corrected chi connectivity index (χ0v) is 17.6. The minimum atomic E-state index is -5.08. The number of alkyl halides is 3. The highest BCUT2D eigenvalue weighted by atomic mass is 19.4. The number of allylic oxidation sites excluding steroid dienone is 1. The largest absolute Gasteiger partial charge is 0.490 e. The van der Waals surface area contributed by atoms with Crippen molar-refractivity contribution in [2.75, 3.05) is 32.9 Å². The lowest BCUT2D eigenvalue weighted by Gasteiger charge is -2.27. The number of hydrogen-bond donors (Lipinski definition) is 1. The van der Waals surface area contributed by atoms with Crippen LogP contribution in [0.25, 0.3) is 0 Å². The maximum absolute atomic E-state index is 12.8. The number of nitrogens with zero attached hydrogens (tertiary/aromatic N) is 2. The fourth-order valence-corrected chi connectivity index (χ4v) is 4.28. The predicted octanol–water partition coefficient (Wildman–Crippen LogP) is 3.21. The van der Waals surface area contributed by atoms with Crippen molar-refractivity contribution in [3.63, 3.8) is 0 Å². The van der Waals surface area contributed by atoms with Gasteiger partial charge < -0.3 is 19.5 Å². The number of pyridine rings is 1. The highest BCUT2D eigenvalue weighted by Crippen LogP contribution is 2.42. The van der Waals surface area contributed by atoms with Gasteiger partial charge in [-0.1, -0.05) is 12.1 Å². The van der Waals surface area contributed by atoms with Gasteiger partial charge in [0.1, 0.15) is 0 Å². The van der Waals surface area contributed by atoms with Gasteiger partial charge in [-0.3, -0.25) is 9.78 Å². The summed E-state index contributed by atoms with van der Waals surface area (Å²) in [5, 5.41) is 7.12. The molecule has 1 amide bonds. The van der Waals surface area contributed by atoms with Gasteiger partial charge >= 0.3 is 12.1 Å². The van der Waals surface area contributed by atoms with Crippen LogP contribution in [0.15, 0.2) is 36.2 Å². The molecule has 2 saturated heterocycles. The van der Waals surface area contributed by atoms with E-state index in [4.69, 9.17) is 19.4 Å². The van der Waals surface area contributed by atoms with Gasteiger partial charge in [0.25, 0.3) is 0 Å². The smallest absolute Gasteiger partial charge is 0.475 e. The van der Waals surface area contributed by atoms with Crippen molar-refractivity contribution >= 4 is 11.9 Å². The van der Waals surface area contributed by atoms with E-state index in [-0.39, 0.29) is 11.3 Å². The van der Waals surface area contributed by atoms with Gasteiger partial charge in [0.15, 0.2) is 0 Å². The zero-order valence-electron chi connectivity index (χ0n) is 17.6. The summed E-state index contributed by atoms with van der Waals surface area (Å²) in [4.78, 5) is 27.9. The van der Waals surface area contributed by atoms with Crippen LogP contribution in [0.4, 0.5) is 13.2 Å². The van der Waals surface area contributed by atoms with E-state index in [1.54, 1.807) is 6.20 Å². The standard InChI is InChI=1S/C20H26N2O3.C2HF3O2/c23-19(17-6-2-1-3-7-17)22-10-18-12-25-15-20(18,13-22)14-24-11-16-5-4-8-21-9-16;3-2(4,5)1(6)7/h4-6,8-9,18H,1-3,7,10-15H2;(H,6,7)/t18-,20-;/m1./s1. The summed E-state index contributed by atoms with van der Waals surface area (Å²) in [6.45, 7) is 4.16. The molecule has 0 spiro atoms. The van der Waals surface area contributed by atoms with Crippen LogP contribution in [0, 0.1) is 11.3 Å². The van der Waals surface area contributed by atoms with Crippen LogP contribution < -0.4 is 0 Å². The van der Waals surface area contributed by atoms with Gasteiger partial charge in [0.2, 0.25) is 5.91 Å².